The molecule has 0 bridgehead atoms. The predicted molar refractivity (Wildman–Crippen MR) is 87.8 cm³/mol. The molecule has 1 saturated heterocycles. The highest BCUT2D eigenvalue weighted by atomic mass is 19.1. The van der Waals surface area contributed by atoms with Crippen LogP contribution in [0.25, 0.3) is 0 Å². The monoisotopic (exact) mass is 307 g/mol. The number of amides is 2. The van der Waals surface area contributed by atoms with E-state index in [0.717, 1.165) is 37.8 Å². The highest BCUT2D eigenvalue weighted by Gasteiger charge is 2.23. The Balaban J connectivity index is 1.91. The minimum atomic E-state index is -0.196. The van der Waals surface area contributed by atoms with Crippen molar-refractivity contribution in [3.05, 3.63) is 29.6 Å². The largest absolute Gasteiger partial charge is 0.367 e. The SMILES string of the molecule is CCCCNC(=O)NC1CCCN(c2cc(C)ccc2F)C1. The van der Waals surface area contributed by atoms with Gasteiger partial charge in [0.1, 0.15) is 5.82 Å². The Bertz CT molecular complexity index is 507. The van der Waals surface area contributed by atoms with Gasteiger partial charge in [-0.2, -0.15) is 0 Å². The van der Waals surface area contributed by atoms with Crippen molar-refractivity contribution in [1.82, 2.24) is 10.6 Å². The van der Waals surface area contributed by atoms with Crippen LogP contribution in [-0.2, 0) is 0 Å². The number of carbonyl (C=O) groups excluding carboxylic acids is 1. The fourth-order valence-electron chi connectivity index (χ4n) is 2.79. The number of aryl methyl sites for hydroxylation is 1. The molecular formula is C17H26FN3O. The number of halogens is 1. The molecule has 1 fully saturated rings. The summed E-state index contributed by atoms with van der Waals surface area (Å²) in [6.45, 7) is 6.24. The van der Waals surface area contributed by atoms with E-state index in [-0.39, 0.29) is 17.9 Å². The van der Waals surface area contributed by atoms with Gasteiger partial charge in [0.2, 0.25) is 0 Å². The van der Waals surface area contributed by atoms with E-state index in [4.69, 9.17) is 0 Å². The quantitative estimate of drug-likeness (QED) is 0.821. The number of anilines is 1. The number of rotatable bonds is 5. The number of hydrogen-bond donors (Lipinski definition) is 2. The van der Waals surface area contributed by atoms with Crippen LogP contribution in [0.4, 0.5) is 14.9 Å². The Morgan fingerprint density at radius 3 is 3.05 bits per heavy atom. The lowest BCUT2D eigenvalue weighted by Gasteiger charge is -2.35. The van der Waals surface area contributed by atoms with E-state index in [0.29, 0.717) is 18.8 Å². The van der Waals surface area contributed by atoms with E-state index in [1.54, 1.807) is 6.07 Å². The zero-order chi connectivity index (χ0) is 15.9. The maximum atomic E-state index is 14.0. The fourth-order valence-corrected chi connectivity index (χ4v) is 2.79. The smallest absolute Gasteiger partial charge is 0.315 e. The molecule has 2 N–H and O–H groups in total. The number of hydrogen-bond acceptors (Lipinski definition) is 2. The Hall–Kier alpha value is -1.78. The van der Waals surface area contributed by atoms with E-state index < -0.39 is 0 Å². The van der Waals surface area contributed by atoms with Crippen molar-refractivity contribution in [2.24, 2.45) is 0 Å². The molecule has 1 aromatic rings. The first-order valence-electron chi connectivity index (χ1n) is 8.15. The van der Waals surface area contributed by atoms with E-state index in [1.807, 2.05) is 17.9 Å². The molecule has 0 aliphatic carbocycles. The molecule has 122 valence electrons. The van der Waals surface area contributed by atoms with Gasteiger partial charge in [0.15, 0.2) is 0 Å². The summed E-state index contributed by atoms with van der Waals surface area (Å²) in [6.07, 6.45) is 3.93. The maximum absolute atomic E-state index is 14.0. The first-order chi connectivity index (χ1) is 10.6. The topological polar surface area (TPSA) is 44.4 Å². The van der Waals surface area contributed by atoms with Crippen molar-refractivity contribution in [1.29, 1.82) is 0 Å². The van der Waals surface area contributed by atoms with Gasteiger partial charge in [-0.15, -0.1) is 0 Å². The maximum Gasteiger partial charge on any atom is 0.315 e. The number of unbranched alkanes of at least 4 members (excludes halogenated alkanes) is 1. The molecule has 0 radical (unpaired) electrons. The second-order valence-electron chi connectivity index (χ2n) is 5.99. The molecular weight excluding hydrogens is 281 g/mol. The summed E-state index contributed by atoms with van der Waals surface area (Å²) < 4.78 is 14.0. The van der Waals surface area contributed by atoms with Gasteiger partial charge in [-0.05, 0) is 43.9 Å². The Kier molecular flexibility index (Phi) is 6.04. The third kappa shape index (κ3) is 4.61. The minimum absolute atomic E-state index is 0.0651. The zero-order valence-corrected chi connectivity index (χ0v) is 13.5. The number of piperidine rings is 1. The standard InChI is InChI=1S/C17H26FN3O/c1-3-4-9-19-17(22)20-14-6-5-10-21(12-14)16-11-13(2)7-8-15(16)18/h7-8,11,14H,3-6,9-10,12H2,1-2H3,(H2,19,20,22). The van der Waals surface area contributed by atoms with Gasteiger partial charge in [0.05, 0.1) is 5.69 Å². The lowest BCUT2D eigenvalue weighted by atomic mass is 10.0. The lowest BCUT2D eigenvalue weighted by Crippen LogP contribution is -2.50. The summed E-state index contributed by atoms with van der Waals surface area (Å²) in [4.78, 5) is 13.9. The van der Waals surface area contributed by atoms with Crippen LogP contribution in [0.5, 0.6) is 0 Å². The van der Waals surface area contributed by atoms with E-state index in [1.165, 1.54) is 6.07 Å². The summed E-state index contributed by atoms with van der Waals surface area (Å²) in [5, 5.41) is 5.86. The second-order valence-corrected chi connectivity index (χ2v) is 5.99. The van der Waals surface area contributed by atoms with Gasteiger partial charge in [0.25, 0.3) is 0 Å². The molecule has 1 aromatic carbocycles. The lowest BCUT2D eigenvalue weighted by molar-refractivity contribution is 0.235. The molecule has 1 aliphatic rings. The van der Waals surface area contributed by atoms with Crippen LogP contribution < -0.4 is 15.5 Å². The summed E-state index contributed by atoms with van der Waals surface area (Å²) in [7, 11) is 0. The number of urea groups is 1. The summed E-state index contributed by atoms with van der Waals surface area (Å²) in [5.41, 5.74) is 1.68. The first kappa shape index (κ1) is 16.6. The van der Waals surface area contributed by atoms with E-state index in [9.17, 15) is 9.18 Å². The zero-order valence-electron chi connectivity index (χ0n) is 13.5. The normalized spacial score (nSPS) is 18.1. The second kappa shape index (κ2) is 8.01. The molecule has 5 heteroatoms. The van der Waals surface area contributed by atoms with Crippen molar-refractivity contribution in [2.45, 2.75) is 45.6 Å². The molecule has 0 spiro atoms. The van der Waals surface area contributed by atoms with Crippen molar-refractivity contribution in [3.8, 4) is 0 Å². The molecule has 1 atom stereocenters. The molecule has 22 heavy (non-hydrogen) atoms. The van der Waals surface area contributed by atoms with Crippen molar-refractivity contribution in [3.63, 3.8) is 0 Å². The van der Waals surface area contributed by atoms with Crippen molar-refractivity contribution >= 4 is 11.7 Å². The van der Waals surface area contributed by atoms with Gasteiger partial charge in [-0.1, -0.05) is 19.4 Å². The molecule has 2 amide bonds. The fraction of sp³-hybridized carbons (Fsp3) is 0.588. The molecule has 4 nitrogen and oxygen atoms in total. The number of carbonyl (C=O) groups is 1. The predicted octanol–water partition coefficient (Wildman–Crippen LogP) is 3.20. The minimum Gasteiger partial charge on any atom is -0.367 e. The number of nitrogens with zero attached hydrogens (tertiary/aromatic N) is 1. The number of nitrogens with one attached hydrogen (secondary N) is 2. The van der Waals surface area contributed by atoms with Gasteiger partial charge < -0.3 is 15.5 Å². The van der Waals surface area contributed by atoms with Crippen LogP contribution in [0.15, 0.2) is 18.2 Å². The average Bonchev–Trinajstić information content (AvgIpc) is 2.50. The van der Waals surface area contributed by atoms with Crippen molar-refractivity contribution < 1.29 is 9.18 Å². The van der Waals surface area contributed by atoms with Crippen LogP contribution in [-0.4, -0.2) is 31.7 Å². The molecule has 1 aliphatic heterocycles. The summed E-state index contributed by atoms with van der Waals surface area (Å²) >= 11 is 0. The Morgan fingerprint density at radius 1 is 1.45 bits per heavy atom. The third-order valence-electron chi connectivity index (χ3n) is 4.01. The Labute approximate surface area is 132 Å². The first-order valence-corrected chi connectivity index (χ1v) is 8.15. The van der Waals surface area contributed by atoms with Crippen LogP contribution in [0.3, 0.4) is 0 Å². The van der Waals surface area contributed by atoms with Crippen LogP contribution >= 0.6 is 0 Å². The molecule has 2 rings (SSSR count). The summed E-state index contributed by atoms with van der Waals surface area (Å²) in [6, 6.07) is 5.11. The van der Waals surface area contributed by atoms with Gasteiger partial charge in [0, 0.05) is 25.7 Å². The van der Waals surface area contributed by atoms with Crippen LogP contribution in [0.1, 0.15) is 38.2 Å². The highest BCUT2D eigenvalue weighted by molar-refractivity contribution is 5.74. The van der Waals surface area contributed by atoms with Crippen LogP contribution in [0, 0.1) is 12.7 Å². The van der Waals surface area contributed by atoms with Crippen molar-refractivity contribution in [2.75, 3.05) is 24.5 Å². The summed E-state index contributed by atoms with van der Waals surface area (Å²) in [5.74, 6) is -0.196. The van der Waals surface area contributed by atoms with Crippen LogP contribution in [0.2, 0.25) is 0 Å². The van der Waals surface area contributed by atoms with E-state index >= 15 is 0 Å². The molecule has 1 heterocycles. The highest BCUT2D eigenvalue weighted by Crippen LogP contribution is 2.24. The molecule has 0 aromatic heterocycles. The third-order valence-corrected chi connectivity index (χ3v) is 4.01. The molecule has 1 unspecified atom stereocenters. The number of benzene rings is 1. The van der Waals surface area contributed by atoms with Gasteiger partial charge >= 0.3 is 6.03 Å². The van der Waals surface area contributed by atoms with Gasteiger partial charge in [-0.25, -0.2) is 9.18 Å². The van der Waals surface area contributed by atoms with Gasteiger partial charge in [-0.3, -0.25) is 0 Å². The van der Waals surface area contributed by atoms with E-state index in [2.05, 4.69) is 17.6 Å². The molecule has 0 saturated carbocycles. The Morgan fingerprint density at radius 2 is 2.27 bits per heavy atom. The average molecular weight is 307 g/mol.